The highest BCUT2D eigenvalue weighted by Crippen LogP contribution is 2.07. The minimum absolute atomic E-state index is 0.712. The number of H-pyrrole nitrogens is 1. The first kappa shape index (κ1) is 13.9. The zero-order valence-corrected chi connectivity index (χ0v) is 11.7. The highest BCUT2D eigenvalue weighted by atomic mass is 15.2. The van der Waals surface area contributed by atoms with Gasteiger partial charge in [0.1, 0.15) is 0 Å². The minimum atomic E-state index is 0.712. The summed E-state index contributed by atoms with van der Waals surface area (Å²) >= 11 is 0. The number of aromatic nitrogens is 2. The van der Waals surface area contributed by atoms with Crippen molar-refractivity contribution in [3.63, 3.8) is 0 Å². The third-order valence-electron chi connectivity index (χ3n) is 3.40. The van der Waals surface area contributed by atoms with E-state index in [-0.39, 0.29) is 0 Å². The molecule has 3 N–H and O–H groups in total. The first-order valence-electron chi connectivity index (χ1n) is 7.03. The Hall–Kier alpha value is -1.56. The second-order valence-electron chi connectivity index (χ2n) is 4.84. The van der Waals surface area contributed by atoms with E-state index in [0.717, 1.165) is 24.7 Å². The van der Waals surface area contributed by atoms with Gasteiger partial charge in [0.05, 0.1) is 12.2 Å². The lowest BCUT2D eigenvalue weighted by Crippen LogP contribution is -2.42. The molecule has 0 atom stereocenters. The SMILES string of the molecule is CN=C(NCCN1CCCCC1)NCc1ccn[nH]1. The monoisotopic (exact) mass is 264 g/mol. The summed E-state index contributed by atoms with van der Waals surface area (Å²) in [6.45, 7) is 5.21. The van der Waals surface area contributed by atoms with E-state index in [1.54, 1.807) is 13.2 Å². The fourth-order valence-electron chi connectivity index (χ4n) is 2.30. The van der Waals surface area contributed by atoms with Crippen molar-refractivity contribution < 1.29 is 0 Å². The lowest BCUT2D eigenvalue weighted by atomic mass is 10.1. The molecule has 1 fully saturated rings. The molecule has 0 aliphatic carbocycles. The quantitative estimate of drug-likeness (QED) is 0.537. The molecule has 0 saturated carbocycles. The summed E-state index contributed by atoms with van der Waals surface area (Å²) in [5, 5.41) is 13.4. The van der Waals surface area contributed by atoms with Crippen molar-refractivity contribution in [2.45, 2.75) is 25.8 Å². The van der Waals surface area contributed by atoms with Gasteiger partial charge in [0.2, 0.25) is 0 Å². The van der Waals surface area contributed by atoms with Crippen molar-refractivity contribution in [3.05, 3.63) is 18.0 Å². The van der Waals surface area contributed by atoms with E-state index in [1.807, 2.05) is 6.07 Å². The Balaban J connectivity index is 1.62. The molecule has 0 amide bonds. The Bertz CT molecular complexity index is 366. The van der Waals surface area contributed by atoms with Gasteiger partial charge in [0.15, 0.2) is 5.96 Å². The Kier molecular flexibility index (Phi) is 5.68. The molecule has 0 radical (unpaired) electrons. The van der Waals surface area contributed by atoms with Crippen LogP contribution in [0.5, 0.6) is 0 Å². The highest BCUT2D eigenvalue weighted by molar-refractivity contribution is 5.79. The number of aliphatic imine (C=N–C) groups is 1. The molecule has 1 aromatic heterocycles. The van der Waals surface area contributed by atoms with E-state index in [1.165, 1.54) is 32.4 Å². The predicted molar refractivity (Wildman–Crippen MR) is 77.1 cm³/mol. The van der Waals surface area contributed by atoms with Gasteiger partial charge >= 0.3 is 0 Å². The molecular weight excluding hydrogens is 240 g/mol. The van der Waals surface area contributed by atoms with Gasteiger partial charge in [0, 0.05) is 26.3 Å². The zero-order chi connectivity index (χ0) is 13.3. The number of hydrogen-bond donors (Lipinski definition) is 3. The summed E-state index contributed by atoms with van der Waals surface area (Å²) in [4.78, 5) is 6.72. The smallest absolute Gasteiger partial charge is 0.191 e. The van der Waals surface area contributed by atoms with Gasteiger partial charge in [-0.15, -0.1) is 0 Å². The molecule has 0 aromatic carbocycles. The maximum Gasteiger partial charge on any atom is 0.191 e. The van der Waals surface area contributed by atoms with Gasteiger partial charge in [-0.05, 0) is 32.0 Å². The van der Waals surface area contributed by atoms with Crippen LogP contribution in [0.25, 0.3) is 0 Å². The Labute approximate surface area is 114 Å². The van der Waals surface area contributed by atoms with Crippen LogP contribution in [0.4, 0.5) is 0 Å². The fourth-order valence-corrected chi connectivity index (χ4v) is 2.30. The third kappa shape index (κ3) is 4.90. The van der Waals surface area contributed by atoms with Crippen LogP contribution >= 0.6 is 0 Å². The average molecular weight is 264 g/mol. The molecule has 19 heavy (non-hydrogen) atoms. The largest absolute Gasteiger partial charge is 0.355 e. The van der Waals surface area contributed by atoms with Gasteiger partial charge in [-0.25, -0.2) is 0 Å². The van der Waals surface area contributed by atoms with Crippen molar-refractivity contribution in [1.29, 1.82) is 0 Å². The molecule has 0 unspecified atom stereocenters. The second-order valence-corrected chi connectivity index (χ2v) is 4.84. The first-order valence-corrected chi connectivity index (χ1v) is 7.03. The molecule has 1 aliphatic heterocycles. The summed E-state index contributed by atoms with van der Waals surface area (Å²) in [6, 6.07) is 1.95. The topological polar surface area (TPSA) is 68.3 Å². The lowest BCUT2D eigenvalue weighted by molar-refractivity contribution is 0.232. The van der Waals surface area contributed by atoms with Gasteiger partial charge in [-0.3, -0.25) is 10.1 Å². The number of piperidine rings is 1. The molecule has 6 nitrogen and oxygen atoms in total. The second kappa shape index (κ2) is 7.78. The molecule has 0 bridgehead atoms. The zero-order valence-electron chi connectivity index (χ0n) is 11.7. The van der Waals surface area contributed by atoms with Gasteiger partial charge in [0.25, 0.3) is 0 Å². The molecule has 1 aromatic rings. The predicted octanol–water partition coefficient (Wildman–Crippen LogP) is 0.561. The van der Waals surface area contributed by atoms with Crippen molar-refractivity contribution in [2.75, 3.05) is 33.2 Å². The number of nitrogens with one attached hydrogen (secondary N) is 3. The van der Waals surface area contributed by atoms with Crippen LogP contribution in [0.2, 0.25) is 0 Å². The minimum Gasteiger partial charge on any atom is -0.355 e. The molecule has 2 heterocycles. The van der Waals surface area contributed by atoms with Crippen LogP contribution in [0.3, 0.4) is 0 Å². The Morgan fingerprint density at radius 1 is 1.37 bits per heavy atom. The van der Waals surface area contributed by atoms with Crippen LogP contribution in [0.1, 0.15) is 25.0 Å². The standard InChI is InChI=1S/C13H24N6/c1-14-13(16-11-12-5-6-17-18-12)15-7-10-19-8-3-2-4-9-19/h5-6H,2-4,7-11H2,1H3,(H,17,18)(H2,14,15,16). The van der Waals surface area contributed by atoms with Gasteiger partial charge < -0.3 is 15.5 Å². The maximum absolute atomic E-state index is 4.21. The molecule has 1 aliphatic rings. The van der Waals surface area contributed by atoms with Crippen molar-refractivity contribution in [2.24, 2.45) is 4.99 Å². The summed E-state index contributed by atoms with van der Waals surface area (Å²) < 4.78 is 0. The molecule has 106 valence electrons. The Morgan fingerprint density at radius 3 is 2.89 bits per heavy atom. The van der Waals surface area contributed by atoms with E-state index >= 15 is 0 Å². The summed E-state index contributed by atoms with van der Waals surface area (Å²) in [7, 11) is 1.79. The lowest BCUT2D eigenvalue weighted by Gasteiger charge is -2.26. The van der Waals surface area contributed by atoms with Crippen molar-refractivity contribution in [3.8, 4) is 0 Å². The molecule has 0 spiro atoms. The summed E-state index contributed by atoms with van der Waals surface area (Å²) in [6.07, 6.45) is 5.82. The van der Waals surface area contributed by atoms with E-state index in [2.05, 4.69) is 30.7 Å². The van der Waals surface area contributed by atoms with Crippen LogP contribution in [0, 0.1) is 0 Å². The number of nitrogens with zero attached hydrogens (tertiary/aromatic N) is 3. The number of rotatable bonds is 5. The highest BCUT2D eigenvalue weighted by Gasteiger charge is 2.09. The van der Waals surface area contributed by atoms with E-state index < -0.39 is 0 Å². The first-order chi connectivity index (χ1) is 9.38. The molecule has 6 heteroatoms. The number of guanidine groups is 1. The third-order valence-corrected chi connectivity index (χ3v) is 3.40. The van der Waals surface area contributed by atoms with Crippen molar-refractivity contribution >= 4 is 5.96 Å². The normalized spacial score (nSPS) is 17.4. The van der Waals surface area contributed by atoms with Gasteiger partial charge in [-0.2, -0.15) is 5.10 Å². The van der Waals surface area contributed by atoms with Crippen LogP contribution in [0.15, 0.2) is 17.3 Å². The summed E-state index contributed by atoms with van der Waals surface area (Å²) in [5.74, 6) is 0.839. The fraction of sp³-hybridized carbons (Fsp3) is 0.692. The van der Waals surface area contributed by atoms with E-state index in [9.17, 15) is 0 Å². The molecular formula is C13H24N6. The Morgan fingerprint density at radius 2 is 2.21 bits per heavy atom. The van der Waals surface area contributed by atoms with Gasteiger partial charge in [-0.1, -0.05) is 6.42 Å². The number of aromatic amines is 1. The number of hydrogen-bond acceptors (Lipinski definition) is 3. The van der Waals surface area contributed by atoms with Crippen LogP contribution < -0.4 is 10.6 Å². The average Bonchev–Trinajstić information content (AvgIpc) is 2.97. The summed E-state index contributed by atoms with van der Waals surface area (Å²) in [5.41, 5.74) is 1.05. The van der Waals surface area contributed by atoms with E-state index in [4.69, 9.17) is 0 Å². The molecule has 1 saturated heterocycles. The van der Waals surface area contributed by atoms with E-state index in [0.29, 0.717) is 6.54 Å². The number of likely N-dealkylation sites (tertiary alicyclic amines) is 1. The van der Waals surface area contributed by atoms with Crippen LogP contribution in [-0.4, -0.2) is 54.3 Å². The molecule has 2 rings (SSSR count). The maximum atomic E-state index is 4.21. The van der Waals surface area contributed by atoms with Crippen LogP contribution in [-0.2, 0) is 6.54 Å². The van der Waals surface area contributed by atoms with Crippen molar-refractivity contribution in [1.82, 2.24) is 25.7 Å².